The fourth-order valence-electron chi connectivity index (χ4n) is 4.65. The smallest absolute Gasteiger partial charge is 0.242 e. The van der Waals surface area contributed by atoms with Crippen LogP contribution in [-0.2, 0) is 22.4 Å². The molecule has 0 saturated carbocycles. The molecule has 0 saturated heterocycles. The molecule has 0 radical (unpaired) electrons. The van der Waals surface area contributed by atoms with Crippen molar-refractivity contribution in [3.8, 4) is 0 Å². The zero-order valence-corrected chi connectivity index (χ0v) is 20.8. The highest BCUT2D eigenvalue weighted by Gasteiger charge is 2.34. The Morgan fingerprint density at radius 3 is 2.53 bits per heavy atom. The number of benzene rings is 2. The molecular formula is C28H31FN2O2S. The van der Waals surface area contributed by atoms with Gasteiger partial charge in [0, 0.05) is 18.0 Å². The summed E-state index contributed by atoms with van der Waals surface area (Å²) in [5.74, 6) is -0.264. The minimum absolute atomic E-state index is 0.0417. The predicted molar refractivity (Wildman–Crippen MR) is 134 cm³/mol. The van der Waals surface area contributed by atoms with Crippen LogP contribution in [0.4, 0.5) is 4.39 Å². The van der Waals surface area contributed by atoms with Crippen molar-refractivity contribution in [3.05, 3.63) is 92.9 Å². The summed E-state index contributed by atoms with van der Waals surface area (Å²) in [5, 5.41) is 2.10. The number of amides is 2. The quantitative estimate of drug-likeness (QED) is 0.456. The molecule has 2 aromatic carbocycles. The number of fused-ring (bicyclic) bond motifs is 1. The second-order valence-corrected chi connectivity index (χ2v) is 10.4. The Kier molecular flexibility index (Phi) is 7.47. The van der Waals surface area contributed by atoms with Crippen LogP contribution in [-0.4, -0.2) is 41.2 Å². The first kappa shape index (κ1) is 24.1. The number of thiophene rings is 1. The van der Waals surface area contributed by atoms with E-state index in [1.807, 2.05) is 30.9 Å². The van der Waals surface area contributed by atoms with Gasteiger partial charge in [-0.3, -0.25) is 9.59 Å². The minimum Gasteiger partial charge on any atom is -0.333 e. The van der Waals surface area contributed by atoms with E-state index in [9.17, 15) is 14.0 Å². The Balaban J connectivity index is 1.58. The molecule has 0 spiro atoms. The second-order valence-electron chi connectivity index (χ2n) is 9.37. The lowest BCUT2D eigenvalue weighted by atomic mass is 9.90. The Labute approximate surface area is 205 Å². The van der Waals surface area contributed by atoms with Crippen LogP contribution in [0.1, 0.15) is 47.0 Å². The van der Waals surface area contributed by atoms with Gasteiger partial charge in [-0.1, -0.05) is 50.2 Å². The van der Waals surface area contributed by atoms with Crippen LogP contribution in [0.2, 0.25) is 0 Å². The molecular weight excluding hydrogens is 447 g/mol. The van der Waals surface area contributed by atoms with Crippen LogP contribution < -0.4 is 0 Å². The van der Waals surface area contributed by atoms with Gasteiger partial charge in [0.05, 0.1) is 19.0 Å². The highest BCUT2D eigenvalue weighted by Crippen LogP contribution is 2.39. The first-order valence-corrected chi connectivity index (χ1v) is 12.6. The SMILES string of the molecule is Cc1ccccc1C1c2ccsc2CCN1C(=O)CN(CC(C)C)C(=O)Cc1ccc(F)cc1. The molecule has 1 aliphatic heterocycles. The fraction of sp³-hybridized carbons (Fsp3) is 0.357. The molecule has 0 aliphatic carbocycles. The Morgan fingerprint density at radius 1 is 1.09 bits per heavy atom. The van der Waals surface area contributed by atoms with E-state index in [0.29, 0.717) is 13.1 Å². The summed E-state index contributed by atoms with van der Waals surface area (Å²) < 4.78 is 13.3. The van der Waals surface area contributed by atoms with E-state index in [-0.39, 0.29) is 42.6 Å². The van der Waals surface area contributed by atoms with Crippen LogP contribution >= 0.6 is 11.3 Å². The fourth-order valence-corrected chi connectivity index (χ4v) is 5.56. The summed E-state index contributed by atoms with van der Waals surface area (Å²) in [6.07, 6.45) is 0.977. The number of nitrogens with zero attached hydrogens (tertiary/aromatic N) is 2. The molecule has 1 aromatic heterocycles. The van der Waals surface area contributed by atoms with Gasteiger partial charge in [-0.15, -0.1) is 11.3 Å². The van der Waals surface area contributed by atoms with E-state index in [0.717, 1.165) is 23.1 Å². The summed E-state index contributed by atoms with van der Waals surface area (Å²) in [6.45, 7) is 7.33. The van der Waals surface area contributed by atoms with Crippen molar-refractivity contribution in [3.63, 3.8) is 0 Å². The lowest BCUT2D eigenvalue weighted by Gasteiger charge is -2.38. The molecule has 6 heteroatoms. The van der Waals surface area contributed by atoms with Gasteiger partial charge < -0.3 is 9.80 Å². The molecule has 1 unspecified atom stereocenters. The molecule has 0 N–H and O–H groups in total. The van der Waals surface area contributed by atoms with Gasteiger partial charge in [-0.05, 0) is 65.1 Å². The summed E-state index contributed by atoms with van der Waals surface area (Å²) in [7, 11) is 0. The number of carbonyl (C=O) groups excluding carboxylic acids is 2. The summed E-state index contributed by atoms with van der Waals surface area (Å²) in [6, 6.07) is 16.2. The first-order valence-electron chi connectivity index (χ1n) is 11.8. The maximum atomic E-state index is 13.7. The standard InChI is InChI=1S/C28H31FN2O2S/c1-19(2)17-30(26(32)16-21-8-10-22(29)11-9-21)18-27(33)31-14-12-25-24(13-15-34-25)28(31)23-7-5-4-6-20(23)3/h4-11,13,15,19,28H,12,14,16-18H2,1-3H3. The van der Waals surface area contributed by atoms with Crippen molar-refractivity contribution >= 4 is 23.2 Å². The normalized spacial score (nSPS) is 15.3. The molecule has 178 valence electrons. The second kappa shape index (κ2) is 10.5. The molecule has 34 heavy (non-hydrogen) atoms. The summed E-state index contributed by atoms with van der Waals surface area (Å²) >= 11 is 1.74. The average molecular weight is 479 g/mol. The van der Waals surface area contributed by atoms with Gasteiger partial charge >= 0.3 is 0 Å². The van der Waals surface area contributed by atoms with Gasteiger partial charge in [-0.25, -0.2) is 4.39 Å². The third kappa shape index (κ3) is 5.39. The van der Waals surface area contributed by atoms with Crippen LogP contribution in [0.25, 0.3) is 0 Å². The minimum atomic E-state index is -0.328. The van der Waals surface area contributed by atoms with Crippen molar-refractivity contribution in [2.24, 2.45) is 5.92 Å². The first-order chi connectivity index (χ1) is 16.3. The molecule has 3 aromatic rings. The number of carbonyl (C=O) groups is 2. The van der Waals surface area contributed by atoms with E-state index in [1.165, 1.54) is 22.6 Å². The molecule has 2 amide bonds. The third-order valence-electron chi connectivity index (χ3n) is 6.30. The zero-order valence-electron chi connectivity index (χ0n) is 20.0. The molecule has 4 nitrogen and oxygen atoms in total. The van der Waals surface area contributed by atoms with E-state index < -0.39 is 0 Å². The molecule has 0 bridgehead atoms. The monoisotopic (exact) mass is 478 g/mol. The van der Waals surface area contributed by atoms with E-state index in [2.05, 4.69) is 30.5 Å². The van der Waals surface area contributed by atoms with Crippen molar-refractivity contribution in [1.29, 1.82) is 0 Å². The lowest BCUT2D eigenvalue weighted by molar-refractivity contribution is -0.141. The summed E-state index contributed by atoms with van der Waals surface area (Å²) in [4.78, 5) is 31.8. The molecule has 0 fully saturated rings. The van der Waals surface area contributed by atoms with E-state index >= 15 is 0 Å². The van der Waals surface area contributed by atoms with Gasteiger partial charge in [0.15, 0.2) is 0 Å². The van der Waals surface area contributed by atoms with E-state index in [4.69, 9.17) is 0 Å². The highest BCUT2D eigenvalue weighted by atomic mass is 32.1. The number of hydrogen-bond donors (Lipinski definition) is 0. The van der Waals surface area contributed by atoms with Crippen LogP contribution in [0.15, 0.2) is 60.0 Å². The molecule has 1 aliphatic rings. The molecule has 4 rings (SSSR count). The largest absolute Gasteiger partial charge is 0.333 e. The maximum Gasteiger partial charge on any atom is 0.242 e. The van der Waals surface area contributed by atoms with Gasteiger partial charge in [0.25, 0.3) is 0 Å². The van der Waals surface area contributed by atoms with Crippen molar-refractivity contribution < 1.29 is 14.0 Å². The Bertz CT molecular complexity index is 1160. The van der Waals surface area contributed by atoms with Crippen molar-refractivity contribution in [2.75, 3.05) is 19.6 Å². The van der Waals surface area contributed by atoms with Crippen LogP contribution in [0.3, 0.4) is 0 Å². The van der Waals surface area contributed by atoms with Gasteiger partial charge in [0.1, 0.15) is 5.82 Å². The number of halogens is 1. The van der Waals surface area contributed by atoms with Crippen molar-refractivity contribution in [2.45, 2.75) is 39.7 Å². The highest BCUT2D eigenvalue weighted by molar-refractivity contribution is 7.10. The Hall–Kier alpha value is -2.99. The predicted octanol–water partition coefficient (Wildman–Crippen LogP) is 5.40. The van der Waals surface area contributed by atoms with Crippen LogP contribution in [0.5, 0.6) is 0 Å². The molecule has 1 atom stereocenters. The van der Waals surface area contributed by atoms with Crippen LogP contribution in [0, 0.1) is 18.7 Å². The van der Waals surface area contributed by atoms with Crippen molar-refractivity contribution in [1.82, 2.24) is 9.80 Å². The van der Waals surface area contributed by atoms with E-state index in [1.54, 1.807) is 28.4 Å². The lowest BCUT2D eigenvalue weighted by Crippen LogP contribution is -2.48. The topological polar surface area (TPSA) is 40.6 Å². The number of aryl methyl sites for hydroxylation is 1. The average Bonchev–Trinajstić information content (AvgIpc) is 3.28. The maximum absolute atomic E-state index is 13.7. The Morgan fingerprint density at radius 2 is 1.82 bits per heavy atom. The third-order valence-corrected chi connectivity index (χ3v) is 7.30. The molecule has 2 heterocycles. The summed E-state index contributed by atoms with van der Waals surface area (Å²) in [5.41, 5.74) is 4.21. The number of rotatable bonds is 7. The van der Waals surface area contributed by atoms with Gasteiger partial charge in [0.2, 0.25) is 11.8 Å². The zero-order chi connectivity index (χ0) is 24.2. The number of hydrogen-bond acceptors (Lipinski definition) is 3. The van der Waals surface area contributed by atoms with Gasteiger partial charge in [-0.2, -0.15) is 0 Å².